The third kappa shape index (κ3) is 6.64. The van der Waals surface area contributed by atoms with Gasteiger partial charge in [-0.2, -0.15) is 0 Å². The second-order valence-electron chi connectivity index (χ2n) is 18.0. The van der Waals surface area contributed by atoms with Crippen LogP contribution in [0.15, 0.2) is 279 Å². The van der Waals surface area contributed by atoms with Gasteiger partial charge in [0, 0.05) is 33.5 Å². The van der Waals surface area contributed by atoms with E-state index in [9.17, 15) is 0 Å². The van der Waals surface area contributed by atoms with Gasteiger partial charge in [0.05, 0.1) is 16.4 Å². The molecule has 2 heteroatoms. The van der Waals surface area contributed by atoms with Crippen LogP contribution in [0.4, 0.5) is 17.1 Å². The fraction of sp³-hybridized carbons (Fsp3) is 0.0149. The summed E-state index contributed by atoms with van der Waals surface area (Å²) in [6.07, 6.45) is 0. The van der Waals surface area contributed by atoms with Crippen molar-refractivity contribution in [2.45, 2.75) is 5.41 Å². The number of aromatic nitrogens is 1. The number of benzene rings is 11. The summed E-state index contributed by atoms with van der Waals surface area (Å²) in [5, 5.41) is 2.49. The van der Waals surface area contributed by atoms with Crippen LogP contribution in [0, 0.1) is 0 Å². The van der Waals surface area contributed by atoms with Crippen LogP contribution in [-0.4, -0.2) is 4.57 Å². The van der Waals surface area contributed by atoms with Crippen LogP contribution in [0.1, 0.15) is 22.3 Å². The highest BCUT2D eigenvalue weighted by atomic mass is 15.1. The summed E-state index contributed by atoms with van der Waals surface area (Å²) in [6, 6.07) is 103. The average Bonchev–Trinajstić information content (AvgIpc) is 3.71. The van der Waals surface area contributed by atoms with E-state index in [-0.39, 0.29) is 0 Å². The van der Waals surface area contributed by atoms with Crippen LogP contribution in [-0.2, 0) is 5.41 Å². The number of rotatable bonds is 8. The second kappa shape index (κ2) is 16.7. The largest absolute Gasteiger partial charge is 0.310 e. The number of para-hydroxylation sites is 2. The van der Waals surface area contributed by atoms with Crippen LogP contribution in [0.25, 0.3) is 72.0 Å². The lowest BCUT2D eigenvalue weighted by Crippen LogP contribution is -2.32. The lowest BCUT2D eigenvalue weighted by atomic mass is 9.63. The summed E-state index contributed by atoms with van der Waals surface area (Å²) in [5.41, 5.74) is 20.8. The van der Waals surface area contributed by atoms with Gasteiger partial charge in [-0.05, 0) is 133 Å². The maximum absolute atomic E-state index is 2.44. The summed E-state index contributed by atoms with van der Waals surface area (Å²) in [7, 11) is 0. The zero-order valence-electron chi connectivity index (χ0n) is 38.0. The van der Waals surface area contributed by atoms with Gasteiger partial charge < -0.3 is 9.47 Å². The summed E-state index contributed by atoms with van der Waals surface area (Å²) >= 11 is 0. The number of anilines is 3. The molecule has 1 heterocycles. The Bertz CT molecular complexity index is 3750. The van der Waals surface area contributed by atoms with E-state index >= 15 is 0 Å². The Morgan fingerprint density at radius 2 is 0.739 bits per heavy atom. The Balaban J connectivity index is 0.988. The Labute approximate surface area is 403 Å². The fourth-order valence-electron chi connectivity index (χ4n) is 11.2. The zero-order valence-corrected chi connectivity index (χ0v) is 38.0. The molecule has 0 amide bonds. The van der Waals surface area contributed by atoms with E-state index in [1.54, 1.807) is 0 Å². The molecule has 13 rings (SSSR count). The highest BCUT2D eigenvalue weighted by Crippen LogP contribution is 2.55. The van der Waals surface area contributed by atoms with Crippen molar-refractivity contribution in [3.63, 3.8) is 0 Å². The molecule has 0 aliphatic heterocycles. The molecular formula is C67H46N2. The molecule has 12 aromatic rings. The summed E-state index contributed by atoms with van der Waals surface area (Å²) in [5.74, 6) is 0. The monoisotopic (exact) mass is 878 g/mol. The molecule has 0 saturated heterocycles. The maximum Gasteiger partial charge on any atom is 0.0714 e. The summed E-state index contributed by atoms with van der Waals surface area (Å²) in [6.45, 7) is 0. The Morgan fingerprint density at radius 3 is 1.38 bits per heavy atom. The lowest BCUT2D eigenvalue weighted by Gasteiger charge is -2.39. The fourth-order valence-corrected chi connectivity index (χ4v) is 11.2. The molecule has 2 nitrogen and oxygen atoms in total. The van der Waals surface area contributed by atoms with Crippen molar-refractivity contribution in [1.82, 2.24) is 4.57 Å². The van der Waals surface area contributed by atoms with Crippen LogP contribution >= 0.6 is 0 Å². The normalized spacial score (nSPS) is 12.5. The van der Waals surface area contributed by atoms with E-state index in [1.165, 1.54) is 88.6 Å². The van der Waals surface area contributed by atoms with Crippen molar-refractivity contribution < 1.29 is 0 Å². The van der Waals surface area contributed by atoms with E-state index < -0.39 is 5.41 Å². The first-order valence-electron chi connectivity index (χ1n) is 23.8. The highest BCUT2D eigenvalue weighted by molar-refractivity contribution is 6.10. The summed E-state index contributed by atoms with van der Waals surface area (Å²) < 4.78 is 2.37. The van der Waals surface area contributed by atoms with Gasteiger partial charge in [0.15, 0.2) is 0 Å². The molecule has 1 aliphatic carbocycles. The Morgan fingerprint density at radius 1 is 0.275 bits per heavy atom. The molecule has 0 fully saturated rings. The predicted molar refractivity (Wildman–Crippen MR) is 289 cm³/mol. The number of nitrogens with zero attached hydrogens (tertiary/aromatic N) is 2. The van der Waals surface area contributed by atoms with E-state index in [0.717, 1.165) is 22.7 Å². The molecule has 0 unspecified atom stereocenters. The minimum Gasteiger partial charge on any atom is -0.310 e. The van der Waals surface area contributed by atoms with Gasteiger partial charge in [-0.1, -0.05) is 212 Å². The van der Waals surface area contributed by atoms with Gasteiger partial charge in [0.1, 0.15) is 0 Å². The van der Waals surface area contributed by atoms with Crippen molar-refractivity contribution in [2.24, 2.45) is 0 Å². The van der Waals surface area contributed by atoms with Crippen molar-refractivity contribution >= 4 is 38.9 Å². The SMILES string of the molecule is c1ccc(-c2ccc(N(c3ccc(-c4ccc5c(c4)c4ccccc4n5-c4ccccc4)cc3)c3cccc(C4(c5ccccc5)c5ccccc5-c5ccccc5-c5ccccc54)c3)cc2)cc1. The third-order valence-corrected chi connectivity index (χ3v) is 14.3. The molecule has 69 heavy (non-hydrogen) atoms. The van der Waals surface area contributed by atoms with Gasteiger partial charge in [-0.25, -0.2) is 0 Å². The maximum atomic E-state index is 2.44. The number of hydrogen-bond donors (Lipinski definition) is 0. The quantitative estimate of drug-likeness (QED) is 0.148. The van der Waals surface area contributed by atoms with Crippen molar-refractivity contribution in [2.75, 3.05) is 4.90 Å². The number of fused-ring (bicyclic) bond motifs is 8. The standard InChI is InChI=1S/C67H46N2/c1-4-19-47(20-5-1)48-35-40-54(41-36-48)68(55-42-37-49(38-43-55)50-39-44-66-62(45-50)61-31-14-17-34-65(61)69(66)53-24-8-3-9-25-53)56-26-18-23-52(46-56)67(51-21-6-2-7-22-51)63-32-15-12-29-59(63)57-27-10-11-28-58(57)60-30-13-16-33-64(60)67/h1-46H. The molecule has 0 bridgehead atoms. The van der Waals surface area contributed by atoms with Crippen molar-refractivity contribution in [1.29, 1.82) is 0 Å². The molecular weight excluding hydrogens is 833 g/mol. The Kier molecular flexibility index (Phi) is 9.77. The van der Waals surface area contributed by atoms with Gasteiger partial charge in [-0.3, -0.25) is 0 Å². The molecule has 0 N–H and O–H groups in total. The van der Waals surface area contributed by atoms with Gasteiger partial charge in [0.2, 0.25) is 0 Å². The molecule has 1 aromatic heterocycles. The first kappa shape index (κ1) is 40.3. The molecule has 0 saturated carbocycles. The van der Waals surface area contributed by atoms with Crippen LogP contribution in [0.2, 0.25) is 0 Å². The molecule has 11 aromatic carbocycles. The average molecular weight is 879 g/mol. The summed E-state index contributed by atoms with van der Waals surface area (Å²) in [4.78, 5) is 2.42. The third-order valence-electron chi connectivity index (χ3n) is 14.3. The van der Waals surface area contributed by atoms with Crippen molar-refractivity contribution in [3.05, 3.63) is 301 Å². The smallest absolute Gasteiger partial charge is 0.0714 e. The highest BCUT2D eigenvalue weighted by Gasteiger charge is 2.44. The van der Waals surface area contributed by atoms with Crippen molar-refractivity contribution in [3.8, 4) is 50.2 Å². The molecule has 0 spiro atoms. The molecule has 324 valence electrons. The van der Waals surface area contributed by atoms with Gasteiger partial charge >= 0.3 is 0 Å². The molecule has 0 atom stereocenters. The van der Waals surface area contributed by atoms with Gasteiger partial charge in [-0.15, -0.1) is 0 Å². The zero-order chi connectivity index (χ0) is 45.7. The van der Waals surface area contributed by atoms with Crippen LogP contribution < -0.4 is 4.90 Å². The molecule has 0 radical (unpaired) electrons. The van der Waals surface area contributed by atoms with E-state index in [1.807, 2.05) is 0 Å². The minimum absolute atomic E-state index is 0.654. The lowest BCUT2D eigenvalue weighted by molar-refractivity contribution is 0.751. The van der Waals surface area contributed by atoms with Crippen LogP contribution in [0.5, 0.6) is 0 Å². The Hall–Kier alpha value is -8.98. The first-order valence-corrected chi connectivity index (χ1v) is 23.8. The van der Waals surface area contributed by atoms with E-state index in [4.69, 9.17) is 0 Å². The first-order chi connectivity index (χ1) is 34.2. The number of hydrogen-bond acceptors (Lipinski definition) is 1. The van der Waals surface area contributed by atoms with E-state index in [0.29, 0.717) is 0 Å². The van der Waals surface area contributed by atoms with Gasteiger partial charge in [0.25, 0.3) is 0 Å². The minimum atomic E-state index is -0.654. The second-order valence-corrected chi connectivity index (χ2v) is 18.0. The predicted octanol–water partition coefficient (Wildman–Crippen LogP) is 17.6. The molecule has 1 aliphatic rings. The van der Waals surface area contributed by atoms with E-state index in [2.05, 4.69) is 289 Å². The van der Waals surface area contributed by atoms with Crippen LogP contribution in [0.3, 0.4) is 0 Å². The topological polar surface area (TPSA) is 8.17 Å².